The second-order valence-electron chi connectivity index (χ2n) is 5.72. The van der Waals surface area contributed by atoms with Crippen molar-refractivity contribution in [3.8, 4) is 12.3 Å². The molecule has 1 aromatic rings. The van der Waals surface area contributed by atoms with Crippen LogP contribution < -0.4 is 0 Å². The predicted octanol–water partition coefficient (Wildman–Crippen LogP) is 1.00. The van der Waals surface area contributed by atoms with Crippen LogP contribution in [0.3, 0.4) is 0 Å². The molecule has 0 spiro atoms. The van der Waals surface area contributed by atoms with E-state index in [4.69, 9.17) is 6.42 Å². The molecule has 0 radical (unpaired) electrons. The first kappa shape index (κ1) is 16.0. The number of aliphatic hydroxyl groups is 1. The molecule has 2 rings (SSSR count). The molecule has 0 atom stereocenters. The lowest BCUT2D eigenvalue weighted by atomic mass is 9.89. The van der Waals surface area contributed by atoms with Crippen LogP contribution in [0.2, 0.25) is 0 Å². The zero-order valence-electron chi connectivity index (χ0n) is 12.4. The zero-order valence-corrected chi connectivity index (χ0v) is 13.2. The molecular formula is C14H21N3O3S. The number of nitrogens with zero attached hydrogens (tertiary/aromatic N) is 3. The summed E-state index contributed by atoms with van der Waals surface area (Å²) in [6, 6.07) is 0.0143. The van der Waals surface area contributed by atoms with Gasteiger partial charge < -0.3 is 9.67 Å². The summed E-state index contributed by atoms with van der Waals surface area (Å²) >= 11 is 0. The Kier molecular flexibility index (Phi) is 4.42. The maximum Gasteiger partial charge on any atom is 0.277 e. The quantitative estimate of drug-likeness (QED) is 0.842. The Morgan fingerprint density at radius 3 is 2.62 bits per heavy atom. The minimum Gasteiger partial charge on any atom is -0.389 e. The molecule has 0 amide bonds. The molecule has 6 nitrogen and oxygen atoms in total. The summed E-state index contributed by atoms with van der Waals surface area (Å²) in [6.45, 7) is 4.32. The standard InChI is InChI=1S/C14H21N3O3S/c1-4-5-14(18)6-9-16(10-7-14)21(19,20)13-15-8-11-17(13)12(2)3/h1,8,11-12,18H,5-7,9-10H2,2-3H3. The summed E-state index contributed by atoms with van der Waals surface area (Å²) in [7, 11) is -3.64. The van der Waals surface area contributed by atoms with E-state index in [0.29, 0.717) is 12.8 Å². The van der Waals surface area contributed by atoms with Gasteiger partial charge in [-0.3, -0.25) is 0 Å². The Morgan fingerprint density at radius 1 is 1.48 bits per heavy atom. The Morgan fingerprint density at radius 2 is 2.10 bits per heavy atom. The van der Waals surface area contributed by atoms with Crippen molar-refractivity contribution >= 4 is 10.0 Å². The van der Waals surface area contributed by atoms with Gasteiger partial charge in [-0.05, 0) is 26.7 Å². The molecule has 1 aliphatic heterocycles. The Hall–Kier alpha value is -1.36. The Balaban J connectivity index is 2.19. The van der Waals surface area contributed by atoms with Crippen LogP contribution in [0.5, 0.6) is 0 Å². The molecule has 1 aromatic heterocycles. The number of rotatable bonds is 4. The SMILES string of the molecule is C#CCC1(O)CCN(S(=O)(=O)c2nccn2C(C)C)CC1. The third kappa shape index (κ3) is 3.12. The van der Waals surface area contributed by atoms with E-state index in [0.717, 1.165) is 0 Å². The van der Waals surface area contributed by atoms with E-state index in [1.165, 1.54) is 10.5 Å². The fourth-order valence-electron chi connectivity index (χ4n) is 2.52. The Bertz CT molecular complexity index is 635. The largest absolute Gasteiger partial charge is 0.389 e. The van der Waals surface area contributed by atoms with E-state index in [2.05, 4.69) is 10.9 Å². The van der Waals surface area contributed by atoms with Crippen LogP contribution in [0.25, 0.3) is 0 Å². The molecule has 1 aliphatic rings. The van der Waals surface area contributed by atoms with Crippen LogP contribution in [0.15, 0.2) is 17.6 Å². The molecule has 0 aliphatic carbocycles. The first-order chi connectivity index (χ1) is 9.80. The van der Waals surface area contributed by atoms with Crippen LogP contribution in [-0.2, 0) is 10.0 Å². The molecule has 2 heterocycles. The summed E-state index contributed by atoms with van der Waals surface area (Å²) in [5.74, 6) is 2.45. The predicted molar refractivity (Wildman–Crippen MR) is 79.0 cm³/mol. The number of sulfonamides is 1. The first-order valence-electron chi connectivity index (χ1n) is 6.99. The first-order valence-corrected chi connectivity index (χ1v) is 8.43. The van der Waals surface area contributed by atoms with E-state index >= 15 is 0 Å². The highest BCUT2D eigenvalue weighted by molar-refractivity contribution is 7.89. The molecule has 0 unspecified atom stereocenters. The summed E-state index contributed by atoms with van der Waals surface area (Å²) in [4.78, 5) is 4.00. The van der Waals surface area contributed by atoms with Gasteiger partial charge in [-0.2, -0.15) is 4.31 Å². The van der Waals surface area contributed by atoms with E-state index in [1.54, 1.807) is 10.8 Å². The highest BCUT2D eigenvalue weighted by atomic mass is 32.2. The number of aromatic nitrogens is 2. The fraction of sp³-hybridized carbons (Fsp3) is 0.643. The molecule has 0 aromatic carbocycles. The van der Waals surface area contributed by atoms with Gasteiger partial charge >= 0.3 is 0 Å². The lowest BCUT2D eigenvalue weighted by Crippen LogP contribution is -2.46. The molecule has 0 saturated carbocycles. The monoisotopic (exact) mass is 311 g/mol. The van der Waals surface area contributed by atoms with Gasteiger partial charge in [-0.1, -0.05) is 0 Å². The van der Waals surface area contributed by atoms with Crippen molar-refractivity contribution in [2.75, 3.05) is 13.1 Å². The maximum absolute atomic E-state index is 12.7. The van der Waals surface area contributed by atoms with Crippen LogP contribution in [0.1, 0.15) is 39.2 Å². The van der Waals surface area contributed by atoms with E-state index in [-0.39, 0.29) is 30.7 Å². The number of terminal acetylenes is 1. The van der Waals surface area contributed by atoms with Gasteiger partial charge in [0.15, 0.2) is 0 Å². The van der Waals surface area contributed by atoms with Crippen molar-refractivity contribution in [3.05, 3.63) is 12.4 Å². The van der Waals surface area contributed by atoms with Crippen molar-refractivity contribution in [2.24, 2.45) is 0 Å². The topological polar surface area (TPSA) is 75.4 Å². The van der Waals surface area contributed by atoms with Crippen molar-refractivity contribution in [1.29, 1.82) is 0 Å². The smallest absolute Gasteiger partial charge is 0.277 e. The average Bonchev–Trinajstić information content (AvgIpc) is 2.89. The molecule has 0 bridgehead atoms. The van der Waals surface area contributed by atoms with Gasteiger partial charge in [0.1, 0.15) is 0 Å². The van der Waals surface area contributed by atoms with Gasteiger partial charge in [0.05, 0.1) is 5.60 Å². The van der Waals surface area contributed by atoms with Crippen LogP contribution in [0.4, 0.5) is 0 Å². The second kappa shape index (κ2) is 5.79. The lowest BCUT2D eigenvalue weighted by molar-refractivity contribution is -0.000307. The molecule has 21 heavy (non-hydrogen) atoms. The number of hydrogen-bond acceptors (Lipinski definition) is 4. The molecule has 1 N–H and O–H groups in total. The summed E-state index contributed by atoms with van der Waals surface area (Å²) in [5, 5.41) is 10.3. The van der Waals surface area contributed by atoms with Crippen molar-refractivity contribution in [3.63, 3.8) is 0 Å². The molecule has 7 heteroatoms. The average molecular weight is 311 g/mol. The number of imidazole rings is 1. The normalized spacial score (nSPS) is 19.6. The van der Waals surface area contributed by atoms with E-state index in [1.807, 2.05) is 13.8 Å². The van der Waals surface area contributed by atoms with Crippen LogP contribution in [-0.4, -0.2) is 46.1 Å². The third-order valence-electron chi connectivity index (χ3n) is 3.84. The lowest BCUT2D eigenvalue weighted by Gasteiger charge is -2.36. The van der Waals surface area contributed by atoms with Gasteiger partial charge in [-0.15, -0.1) is 12.3 Å². The maximum atomic E-state index is 12.7. The summed E-state index contributed by atoms with van der Waals surface area (Å²) in [6.07, 6.45) is 9.34. The van der Waals surface area contributed by atoms with Gasteiger partial charge in [-0.25, -0.2) is 13.4 Å². The number of piperidine rings is 1. The highest BCUT2D eigenvalue weighted by Crippen LogP contribution is 2.28. The Labute approximate surface area is 125 Å². The van der Waals surface area contributed by atoms with E-state index in [9.17, 15) is 13.5 Å². The van der Waals surface area contributed by atoms with Gasteiger partial charge in [0.2, 0.25) is 5.16 Å². The third-order valence-corrected chi connectivity index (χ3v) is 5.67. The second-order valence-corrected chi connectivity index (χ2v) is 7.55. The van der Waals surface area contributed by atoms with Crippen molar-refractivity contribution < 1.29 is 13.5 Å². The van der Waals surface area contributed by atoms with Gasteiger partial charge in [0.25, 0.3) is 10.0 Å². The molecule has 1 fully saturated rings. The minimum atomic E-state index is -3.64. The molecule has 1 saturated heterocycles. The van der Waals surface area contributed by atoms with E-state index < -0.39 is 15.6 Å². The fourth-order valence-corrected chi connectivity index (χ4v) is 4.14. The molecular weight excluding hydrogens is 290 g/mol. The highest BCUT2D eigenvalue weighted by Gasteiger charge is 2.38. The van der Waals surface area contributed by atoms with Crippen LogP contribution in [0, 0.1) is 12.3 Å². The minimum absolute atomic E-state index is 0.0143. The number of hydrogen-bond donors (Lipinski definition) is 1. The summed E-state index contributed by atoms with van der Waals surface area (Å²) in [5.41, 5.74) is -0.950. The van der Waals surface area contributed by atoms with Crippen molar-refractivity contribution in [2.45, 2.75) is 49.9 Å². The summed E-state index contributed by atoms with van der Waals surface area (Å²) < 4.78 is 28.3. The molecule has 116 valence electrons. The zero-order chi connectivity index (χ0) is 15.7. The van der Waals surface area contributed by atoms with Crippen molar-refractivity contribution in [1.82, 2.24) is 13.9 Å². The van der Waals surface area contributed by atoms with Crippen LogP contribution >= 0.6 is 0 Å². The van der Waals surface area contributed by atoms with Gasteiger partial charge in [0, 0.05) is 37.9 Å².